The lowest BCUT2D eigenvalue weighted by atomic mass is 10.1. The first-order valence-electron chi connectivity index (χ1n) is 6.94. The average molecular weight is 317 g/mol. The molecule has 1 aromatic rings. The van der Waals surface area contributed by atoms with Gasteiger partial charge < -0.3 is 15.0 Å². The number of thiophene rings is 1. The van der Waals surface area contributed by atoms with Crippen LogP contribution in [0.25, 0.3) is 0 Å². The number of halogens is 1. The summed E-state index contributed by atoms with van der Waals surface area (Å²) in [4.78, 5) is 14.4. The second-order valence-electron chi connectivity index (χ2n) is 5.38. The Balaban J connectivity index is 0.00000147. The molecule has 20 heavy (non-hydrogen) atoms. The fourth-order valence-electron chi connectivity index (χ4n) is 2.89. The van der Waals surface area contributed by atoms with Gasteiger partial charge in [0.05, 0.1) is 18.7 Å². The van der Waals surface area contributed by atoms with Crippen molar-refractivity contribution in [1.29, 1.82) is 0 Å². The maximum Gasteiger partial charge on any atom is 0.239 e. The van der Waals surface area contributed by atoms with Crippen LogP contribution in [0.15, 0.2) is 16.8 Å². The molecule has 1 N–H and O–H groups in total. The number of morpholine rings is 1. The van der Waals surface area contributed by atoms with Crippen molar-refractivity contribution in [2.24, 2.45) is 0 Å². The monoisotopic (exact) mass is 316 g/mol. The second-order valence-corrected chi connectivity index (χ2v) is 6.16. The van der Waals surface area contributed by atoms with E-state index in [4.69, 9.17) is 4.74 Å². The number of nitrogens with one attached hydrogen (secondary N) is 1. The molecule has 0 aromatic carbocycles. The van der Waals surface area contributed by atoms with Crippen molar-refractivity contribution in [2.45, 2.75) is 38.0 Å². The summed E-state index contributed by atoms with van der Waals surface area (Å²) in [5, 5.41) is 7.46. The van der Waals surface area contributed by atoms with E-state index in [1.807, 2.05) is 11.8 Å². The minimum atomic E-state index is 0. The highest BCUT2D eigenvalue weighted by Crippen LogP contribution is 2.27. The van der Waals surface area contributed by atoms with Crippen LogP contribution in [0.1, 0.15) is 31.4 Å². The first-order valence-corrected chi connectivity index (χ1v) is 7.88. The van der Waals surface area contributed by atoms with Crippen LogP contribution in [0, 0.1) is 0 Å². The SMILES string of the molecule is CC1CN(C(=O)C2CCCN2)CC(c2ccsc2)O1.Cl. The zero-order chi connectivity index (χ0) is 13.2. The Labute approximate surface area is 129 Å². The van der Waals surface area contributed by atoms with Crippen LogP contribution >= 0.6 is 23.7 Å². The number of hydrogen-bond donors (Lipinski definition) is 1. The average Bonchev–Trinajstić information content (AvgIpc) is 3.10. The Morgan fingerprint density at radius 2 is 2.35 bits per heavy atom. The summed E-state index contributed by atoms with van der Waals surface area (Å²) in [6.07, 6.45) is 2.20. The van der Waals surface area contributed by atoms with E-state index < -0.39 is 0 Å². The Morgan fingerprint density at radius 3 is 3.00 bits per heavy atom. The molecule has 0 spiro atoms. The van der Waals surface area contributed by atoms with Crippen LogP contribution < -0.4 is 5.32 Å². The van der Waals surface area contributed by atoms with E-state index in [9.17, 15) is 4.79 Å². The number of rotatable bonds is 2. The fourth-order valence-corrected chi connectivity index (χ4v) is 3.59. The quantitative estimate of drug-likeness (QED) is 0.909. The van der Waals surface area contributed by atoms with Crippen LogP contribution in [-0.2, 0) is 9.53 Å². The van der Waals surface area contributed by atoms with Gasteiger partial charge in [-0.2, -0.15) is 11.3 Å². The van der Waals surface area contributed by atoms with Crippen molar-refractivity contribution in [3.8, 4) is 0 Å². The summed E-state index contributed by atoms with van der Waals surface area (Å²) in [7, 11) is 0. The van der Waals surface area contributed by atoms with Gasteiger partial charge in [-0.25, -0.2) is 0 Å². The van der Waals surface area contributed by atoms with E-state index in [-0.39, 0.29) is 36.6 Å². The molecule has 112 valence electrons. The van der Waals surface area contributed by atoms with Gasteiger partial charge in [-0.15, -0.1) is 12.4 Å². The minimum absolute atomic E-state index is 0. The number of carbonyl (C=O) groups excluding carboxylic acids is 1. The Hall–Kier alpha value is -0.620. The van der Waals surface area contributed by atoms with E-state index in [2.05, 4.69) is 22.1 Å². The van der Waals surface area contributed by atoms with Crippen LogP contribution in [-0.4, -0.2) is 42.6 Å². The largest absolute Gasteiger partial charge is 0.367 e. The third-order valence-corrected chi connectivity index (χ3v) is 4.55. The molecule has 2 saturated heterocycles. The van der Waals surface area contributed by atoms with E-state index in [0.29, 0.717) is 13.1 Å². The third-order valence-electron chi connectivity index (χ3n) is 3.85. The summed E-state index contributed by atoms with van der Waals surface area (Å²) < 4.78 is 5.97. The normalized spacial score (nSPS) is 30.1. The molecule has 4 nitrogen and oxygen atoms in total. The zero-order valence-corrected chi connectivity index (χ0v) is 13.2. The van der Waals surface area contributed by atoms with E-state index in [1.165, 1.54) is 5.56 Å². The standard InChI is InChI=1S/C14H20N2O2S.ClH/c1-10-7-16(14(17)12-3-2-5-15-12)8-13(18-10)11-4-6-19-9-11;/h4,6,9-10,12-13,15H,2-3,5,7-8H2,1H3;1H. The minimum Gasteiger partial charge on any atom is -0.367 e. The maximum absolute atomic E-state index is 12.5. The summed E-state index contributed by atoms with van der Waals surface area (Å²) in [6, 6.07) is 2.11. The Morgan fingerprint density at radius 1 is 1.50 bits per heavy atom. The number of hydrogen-bond acceptors (Lipinski definition) is 4. The van der Waals surface area contributed by atoms with Crippen molar-refractivity contribution < 1.29 is 9.53 Å². The van der Waals surface area contributed by atoms with Crippen LogP contribution in [0.2, 0.25) is 0 Å². The molecule has 3 unspecified atom stereocenters. The van der Waals surface area contributed by atoms with E-state index in [1.54, 1.807) is 11.3 Å². The molecule has 0 bridgehead atoms. The first-order chi connectivity index (χ1) is 9.24. The molecule has 0 saturated carbocycles. The number of nitrogens with zero attached hydrogens (tertiary/aromatic N) is 1. The van der Waals surface area contributed by atoms with E-state index in [0.717, 1.165) is 19.4 Å². The molecule has 3 heterocycles. The van der Waals surface area contributed by atoms with Crippen LogP contribution in [0.3, 0.4) is 0 Å². The highest BCUT2D eigenvalue weighted by atomic mass is 35.5. The van der Waals surface area contributed by atoms with E-state index >= 15 is 0 Å². The lowest BCUT2D eigenvalue weighted by Gasteiger charge is -2.37. The van der Waals surface area contributed by atoms with Crippen molar-refractivity contribution in [3.05, 3.63) is 22.4 Å². The molecule has 0 aliphatic carbocycles. The molecule has 2 fully saturated rings. The maximum atomic E-state index is 12.5. The molecule has 2 aliphatic rings. The molecule has 0 radical (unpaired) electrons. The predicted molar refractivity (Wildman–Crippen MR) is 82.5 cm³/mol. The summed E-state index contributed by atoms with van der Waals surface area (Å²) >= 11 is 1.67. The molecule has 3 rings (SSSR count). The molecule has 6 heteroatoms. The van der Waals surface area contributed by atoms with Crippen molar-refractivity contribution >= 4 is 29.7 Å². The molecule has 1 aromatic heterocycles. The van der Waals surface area contributed by atoms with Crippen LogP contribution in [0.5, 0.6) is 0 Å². The van der Waals surface area contributed by atoms with Gasteiger partial charge in [0, 0.05) is 6.54 Å². The summed E-state index contributed by atoms with van der Waals surface area (Å²) in [5.74, 6) is 0.243. The van der Waals surface area contributed by atoms with Gasteiger partial charge in [0.15, 0.2) is 0 Å². The van der Waals surface area contributed by atoms with Gasteiger partial charge in [-0.05, 0) is 48.7 Å². The Kier molecular flexibility index (Phi) is 5.43. The zero-order valence-electron chi connectivity index (χ0n) is 11.6. The smallest absolute Gasteiger partial charge is 0.239 e. The lowest BCUT2D eigenvalue weighted by Crippen LogP contribution is -2.51. The number of ether oxygens (including phenoxy) is 1. The highest BCUT2D eigenvalue weighted by Gasteiger charge is 2.33. The number of carbonyl (C=O) groups is 1. The molecule has 3 atom stereocenters. The van der Waals surface area contributed by atoms with Gasteiger partial charge in [0.1, 0.15) is 6.10 Å². The highest BCUT2D eigenvalue weighted by molar-refractivity contribution is 7.07. The second kappa shape index (κ2) is 6.89. The summed E-state index contributed by atoms with van der Waals surface area (Å²) in [5.41, 5.74) is 1.19. The van der Waals surface area contributed by atoms with Gasteiger partial charge in [-0.3, -0.25) is 4.79 Å². The van der Waals surface area contributed by atoms with Gasteiger partial charge in [0.25, 0.3) is 0 Å². The third kappa shape index (κ3) is 3.34. The van der Waals surface area contributed by atoms with Crippen molar-refractivity contribution in [1.82, 2.24) is 10.2 Å². The van der Waals surface area contributed by atoms with Gasteiger partial charge in [-0.1, -0.05) is 0 Å². The topological polar surface area (TPSA) is 41.6 Å². The molecule has 1 amide bonds. The van der Waals surface area contributed by atoms with Gasteiger partial charge >= 0.3 is 0 Å². The molecular weight excluding hydrogens is 296 g/mol. The molecular formula is C14H21ClN2O2S. The van der Waals surface area contributed by atoms with Crippen LogP contribution in [0.4, 0.5) is 0 Å². The number of amides is 1. The van der Waals surface area contributed by atoms with Crippen molar-refractivity contribution in [2.75, 3.05) is 19.6 Å². The lowest BCUT2D eigenvalue weighted by molar-refractivity contribution is -0.146. The Bertz CT molecular complexity index is 434. The van der Waals surface area contributed by atoms with Crippen molar-refractivity contribution in [3.63, 3.8) is 0 Å². The fraction of sp³-hybridized carbons (Fsp3) is 0.643. The summed E-state index contributed by atoms with van der Waals surface area (Å²) in [6.45, 7) is 4.39. The predicted octanol–water partition coefficient (Wildman–Crippen LogP) is 2.21. The molecule has 2 aliphatic heterocycles. The van der Waals surface area contributed by atoms with Gasteiger partial charge in [0.2, 0.25) is 5.91 Å². The first kappa shape index (κ1) is 15.8.